The van der Waals surface area contributed by atoms with E-state index in [1.807, 2.05) is 18.2 Å². The minimum atomic E-state index is 0.335. The molecule has 0 bridgehead atoms. The van der Waals surface area contributed by atoms with Crippen molar-refractivity contribution in [3.8, 4) is 5.75 Å². The van der Waals surface area contributed by atoms with Crippen LogP contribution in [0.25, 0.3) is 0 Å². The van der Waals surface area contributed by atoms with E-state index in [-0.39, 0.29) is 0 Å². The smallest absolute Gasteiger partial charge is 0.139 e. The summed E-state index contributed by atoms with van der Waals surface area (Å²) in [6, 6.07) is 5.68. The number of hydrogen-bond acceptors (Lipinski definition) is 3. The summed E-state index contributed by atoms with van der Waals surface area (Å²) < 4.78 is 10.7. The molecule has 16 heavy (non-hydrogen) atoms. The second kappa shape index (κ2) is 5.41. The molecular weight excluding hydrogens is 226 g/mol. The quantitative estimate of drug-likeness (QED) is 0.879. The van der Waals surface area contributed by atoms with Gasteiger partial charge in [-0.3, -0.25) is 0 Å². The van der Waals surface area contributed by atoms with E-state index < -0.39 is 0 Å². The normalized spacial score (nSPS) is 19.8. The van der Waals surface area contributed by atoms with Gasteiger partial charge in [0.1, 0.15) is 5.75 Å². The van der Waals surface area contributed by atoms with Gasteiger partial charge in [0, 0.05) is 24.9 Å². The Kier molecular flexibility index (Phi) is 3.91. The van der Waals surface area contributed by atoms with Crippen LogP contribution >= 0.6 is 11.6 Å². The molecule has 1 fully saturated rings. The van der Waals surface area contributed by atoms with Gasteiger partial charge in [-0.25, -0.2) is 0 Å². The van der Waals surface area contributed by atoms with Gasteiger partial charge < -0.3 is 14.8 Å². The van der Waals surface area contributed by atoms with Crippen molar-refractivity contribution >= 4 is 17.3 Å². The van der Waals surface area contributed by atoms with Gasteiger partial charge in [0.25, 0.3) is 0 Å². The summed E-state index contributed by atoms with van der Waals surface area (Å²) >= 11 is 5.95. The second-order valence-corrected chi connectivity index (χ2v) is 4.27. The molecule has 2 rings (SSSR count). The van der Waals surface area contributed by atoms with Crippen LogP contribution in [0, 0.1) is 0 Å². The first-order valence-electron chi connectivity index (χ1n) is 5.48. The van der Waals surface area contributed by atoms with Crippen LogP contribution in [0.4, 0.5) is 5.69 Å². The van der Waals surface area contributed by atoms with E-state index in [0.29, 0.717) is 16.9 Å². The highest BCUT2D eigenvalue weighted by molar-refractivity contribution is 6.32. The molecule has 1 atom stereocenters. The molecule has 0 amide bonds. The summed E-state index contributed by atoms with van der Waals surface area (Å²) in [5.74, 6) is 0.694. The van der Waals surface area contributed by atoms with Crippen LogP contribution in [-0.4, -0.2) is 26.4 Å². The van der Waals surface area contributed by atoms with Gasteiger partial charge in [-0.2, -0.15) is 0 Å². The standard InChI is InChI=1S/C12H16ClNO2/c1-15-12-7-9(4-5-11(12)13)14-8-10-3-2-6-16-10/h4-5,7,10,14H,2-3,6,8H2,1H3. The monoisotopic (exact) mass is 241 g/mol. The van der Waals surface area contributed by atoms with E-state index in [1.165, 1.54) is 0 Å². The minimum absolute atomic E-state index is 0.335. The molecule has 1 aliphatic heterocycles. The molecular formula is C12H16ClNO2. The lowest BCUT2D eigenvalue weighted by molar-refractivity contribution is 0.120. The van der Waals surface area contributed by atoms with Crippen LogP contribution in [0.5, 0.6) is 5.75 Å². The van der Waals surface area contributed by atoms with E-state index >= 15 is 0 Å². The Morgan fingerprint density at radius 3 is 3.12 bits per heavy atom. The van der Waals surface area contributed by atoms with E-state index in [2.05, 4.69) is 5.32 Å². The van der Waals surface area contributed by atoms with E-state index in [9.17, 15) is 0 Å². The molecule has 1 aromatic carbocycles. The molecule has 1 saturated heterocycles. The first-order chi connectivity index (χ1) is 7.79. The molecule has 0 radical (unpaired) electrons. The molecule has 1 heterocycles. The molecule has 3 nitrogen and oxygen atoms in total. The lowest BCUT2D eigenvalue weighted by Crippen LogP contribution is -2.18. The zero-order valence-electron chi connectivity index (χ0n) is 9.33. The van der Waals surface area contributed by atoms with Crippen molar-refractivity contribution in [3.05, 3.63) is 23.2 Å². The average Bonchev–Trinajstić information content (AvgIpc) is 2.81. The Morgan fingerprint density at radius 1 is 1.56 bits per heavy atom. The van der Waals surface area contributed by atoms with E-state index in [0.717, 1.165) is 31.7 Å². The number of ether oxygens (including phenoxy) is 2. The number of nitrogens with one attached hydrogen (secondary N) is 1. The Bertz CT molecular complexity index is 351. The summed E-state index contributed by atoms with van der Waals surface area (Å²) in [6.45, 7) is 1.72. The van der Waals surface area contributed by atoms with Crippen molar-refractivity contribution in [2.75, 3.05) is 25.6 Å². The maximum Gasteiger partial charge on any atom is 0.139 e. The lowest BCUT2D eigenvalue weighted by Gasteiger charge is -2.13. The second-order valence-electron chi connectivity index (χ2n) is 3.87. The van der Waals surface area contributed by atoms with Gasteiger partial charge in [-0.15, -0.1) is 0 Å². The fourth-order valence-electron chi connectivity index (χ4n) is 1.81. The van der Waals surface area contributed by atoms with Crippen LogP contribution in [0.2, 0.25) is 5.02 Å². The SMILES string of the molecule is COc1cc(NCC2CCCO2)ccc1Cl. The largest absolute Gasteiger partial charge is 0.495 e. The molecule has 1 N–H and O–H groups in total. The van der Waals surface area contributed by atoms with E-state index in [1.54, 1.807) is 7.11 Å². The fourth-order valence-corrected chi connectivity index (χ4v) is 2.00. The van der Waals surface area contributed by atoms with Crippen LogP contribution in [-0.2, 0) is 4.74 Å². The highest BCUT2D eigenvalue weighted by Crippen LogP contribution is 2.27. The Balaban J connectivity index is 1.93. The zero-order valence-corrected chi connectivity index (χ0v) is 10.1. The van der Waals surface area contributed by atoms with Crippen molar-refractivity contribution < 1.29 is 9.47 Å². The van der Waals surface area contributed by atoms with Gasteiger partial charge in [-0.05, 0) is 25.0 Å². The maximum atomic E-state index is 5.95. The van der Waals surface area contributed by atoms with Crippen LogP contribution in [0.15, 0.2) is 18.2 Å². The Labute approximate surface area is 101 Å². The van der Waals surface area contributed by atoms with Gasteiger partial charge >= 0.3 is 0 Å². The highest BCUT2D eigenvalue weighted by atomic mass is 35.5. The molecule has 4 heteroatoms. The average molecular weight is 242 g/mol. The molecule has 88 valence electrons. The molecule has 0 aliphatic carbocycles. The Morgan fingerprint density at radius 2 is 2.44 bits per heavy atom. The maximum absolute atomic E-state index is 5.95. The van der Waals surface area contributed by atoms with Crippen molar-refractivity contribution in [2.24, 2.45) is 0 Å². The molecule has 0 saturated carbocycles. The number of benzene rings is 1. The lowest BCUT2D eigenvalue weighted by atomic mass is 10.2. The van der Waals surface area contributed by atoms with Gasteiger partial charge in [-0.1, -0.05) is 11.6 Å². The number of anilines is 1. The summed E-state index contributed by atoms with van der Waals surface area (Å²) in [5, 5.41) is 3.95. The number of hydrogen-bond donors (Lipinski definition) is 1. The third-order valence-electron chi connectivity index (χ3n) is 2.71. The summed E-state index contributed by atoms with van der Waals surface area (Å²) in [7, 11) is 1.62. The summed E-state index contributed by atoms with van der Waals surface area (Å²) in [6.07, 6.45) is 2.63. The topological polar surface area (TPSA) is 30.5 Å². The van der Waals surface area contributed by atoms with Gasteiger partial charge in [0.15, 0.2) is 0 Å². The van der Waals surface area contributed by atoms with Crippen LogP contribution in [0.1, 0.15) is 12.8 Å². The fraction of sp³-hybridized carbons (Fsp3) is 0.500. The van der Waals surface area contributed by atoms with Crippen LogP contribution < -0.4 is 10.1 Å². The number of halogens is 1. The Hall–Kier alpha value is -0.930. The molecule has 1 aromatic rings. The number of methoxy groups -OCH3 is 1. The molecule has 1 aliphatic rings. The molecule has 0 spiro atoms. The predicted molar refractivity (Wildman–Crippen MR) is 65.5 cm³/mol. The summed E-state index contributed by atoms with van der Waals surface area (Å²) in [5.41, 5.74) is 1.01. The van der Waals surface area contributed by atoms with Crippen LogP contribution in [0.3, 0.4) is 0 Å². The van der Waals surface area contributed by atoms with Crippen molar-refractivity contribution in [1.29, 1.82) is 0 Å². The third-order valence-corrected chi connectivity index (χ3v) is 3.02. The summed E-state index contributed by atoms with van der Waals surface area (Å²) in [4.78, 5) is 0. The van der Waals surface area contributed by atoms with Gasteiger partial charge in [0.2, 0.25) is 0 Å². The van der Waals surface area contributed by atoms with E-state index in [4.69, 9.17) is 21.1 Å². The first-order valence-corrected chi connectivity index (χ1v) is 5.86. The predicted octanol–water partition coefficient (Wildman–Crippen LogP) is 2.94. The third kappa shape index (κ3) is 2.80. The van der Waals surface area contributed by atoms with Crippen molar-refractivity contribution in [3.63, 3.8) is 0 Å². The van der Waals surface area contributed by atoms with Gasteiger partial charge in [0.05, 0.1) is 18.2 Å². The number of rotatable bonds is 4. The first kappa shape index (κ1) is 11.6. The minimum Gasteiger partial charge on any atom is -0.495 e. The van der Waals surface area contributed by atoms with Crippen molar-refractivity contribution in [2.45, 2.75) is 18.9 Å². The molecule has 0 aromatic heterocycles. The molecule has 1 unspecified atom stereocenters. The van der Waals surface area contributed by atoms with Crippen molar-refractivity contribution in [1.82, 2.24) is 0 Å². The highest BCUT2D eigenvalue weighted by Gasteiger charge is 2.14. The zero-order chi connectivity index (χ0) is 11.4.